The number of fused-ring (bicyclic) bond motifs is 2. The summed E-state index contributed by atoms with van der Waals surface area (Å²) in [4.78, 5) is 31.9. The SMILES string of the molecule is COc1nc(-c2cccc(-c3cccc(-c4nc5cc6c(c(C#N)c5o4)CC[C@H]6N4CC[C@@H](C(=O)NS(=O)(=O)C5(C)CC5)C4)c3C)c2Cl)cnc1CN1CC[C@@H](O)C1. The number of amides is 1. The number of likely N-dealkylation sites (tertiary alicyclic amines) is 2. The van der Waals surface area contributed by atoms with Crippen LogP contribution in [-0.2, 0) is 27.8 Å². The van der Waals surface area contributed by atoms with Gasteiger partial charge in [-0.2, -0.15) is 5.26 Å². The Bertz CT molecular complexity index is 2640. The van der Waals surface area contributed by atoms with Crippen LogP contribution in [0.25, 0.3) is 44.9 Å². The zero-order valence-electron chi connectivity index (χ0n) is 32.6. The van der Waals surface area contributed by atoms with Crippen molar-refractivity contribution in [1.29, 1.82) is 5.26 Å². The Balaban J connectivity index is 0.986. The molecular formula is C43H44ClN7O6S. The Labute approximate surface area is 342 Å². The van der Waals surface area contributed by atoms with Gasteiger partial charge >= 0.3 is 0 Å². The number of rotatable bonds is 10. The van der Waals surface area contributed by atoms with Gasteiger partial charge in [0.25, 0.3) is 0 Å². The normalized spacial score (nSPS) is 21.6. The molecule has 5 aromatic rings. The molecule has 2 N–H and O–H groups in total. The standard InChI is InChI=1S/C43H44ClN7O6S/c1-24-27(30-8-5-9-31(38(30)44)35-20-46-36(42(48-35)56-3)23-50-16-13-26(52)22-50)6-4-7-28(24)41-47-34-18-32-29(33(19-45)39(34)57-41)10-11-37(32)51-17-12-25(21-51)40(53)49-58(54,55)43(2)14-15-43/h4-9,18,20,25-26,37,52H,10-17,21-23H2,1-3H3,(H,49,53)/t25-,26-,37-/m1/s1. The highest BCUT2D eigenvalue weighted by molar-refractivity contribution is 7.91. The summed E-state index contributed by atoms with van der Waals surface area (Å²) in [6.07, 6.45) is 5.25. The van der Waals surface area contributed by atoms with Gasteiger partial charge in [-0.25, -0.2) is 18.4 Å². The summed E-state index contributed by atoms with van der Waals surface area (Å²) in [6, 6.07) is 16.0. The third-order valence-electron chi connectivity index (χ3n) is 12.6. The fourth-order valence-electron chi connectivity index (χ4n) is 8.87. The molecule has 3 aromatic carbocycles. The molecule has 2 saturated heterocycles. The first-order chi connectivity index (χ1) is 27.9. The summed E-state index contributed by atoms with van der Waals surface area (Å²) >= 11 is 7.17. The molecule has 58 heavy (non-hydrogen) atoms. The minimum Gasteiger partial charge on any atom is -0.480 e. The maximum Gasteiger partial charge on any atom is 0.240 e. The van der Waals surface area contributed by atoms with Crippen LogP contribution in [0.5, 0.6) is 5.88 Å². The Morgan fingerprint density at radius 3 is 2.57 bits per heavy atom. The van der Waals surface area contributed by atoms with Crippen molar-refractivity contribution in [3.63, 3.8) is 0 Å². The first kappa shape index (κ1) is 38.6. The Hall–Kier alpha value is -4.91. The number of nitriles is 1. The molecule has 1 amide bonds. The smallest absolute Gasteiger partial charge is 0.240 e. The van der Waals surface area contributed by atoms with Crippen LogP contribution < -0.4 is 9.46 Å². The minimum absolute atomic E-state index is 0.0264. The molecule has 13 nitrogen and oxygen atoms in total. The highest BCUT2D eigenvalue weighted by Gasteiger charge is 2.51. The zero-order chi connectivity index (χ0) is 40.5. The third kappa shape index (κ3) is 6.72. The second kappa shape index (κ2) is 14.7. The van der Waals surface area contributed by atoms with Gasteiger partial charge in [-0.1, -0.05) is 41.9 Å². The molecule has 0 bridgehead atoms. The number of aliphatic hydroxyl groups is 1. The molecule has 15 heteroatoms. The lowest BCUT2D eigenvalue weighted by Crippen LogP contribution is -2.42. The van der Waals surface area contributed by atoms with Crippen LogP contribution in [0, 0.1) is 24.2 Å². The summed E-state index contributed by atoms with van der Waals surface area (Å²) in [6.45, 7) is 6.65. The molecule has 9 rings (SSSR count). The number of hydrogen-bond acceptors (Lipinski definition) is 12. The maximum atomic E-state index is 13.1. The Morgan fingerprint density at radius 2 is 1.84 bits per heavy atom. The number of carbonyl (C=O) groups is 1. The summed E-state index contributed by atoms with van der Waals surface area (Å²) in [5, 5.41) is 20.9. The molecule has 2 aliphatic heterocycles. The molecule has 0 unspecified atom stereocenters. The van der Waals surface area contributed by atoms with Crippen LogP contribution in [0.15, 0.2) is 53.1 Å². The van der Waals surface area contributed by atoms with E-state index in [1.54, 1.807) is 20.2 Å². The Kier molecular flexibility index (Phi) is 9.80. The molecule has 3 fully saturated rings. The van der Waals surface area contributed by atoms with Crippen molar-refractivity contribution in [2.45, 2.75) is 75.8 Å². The number of β-amino-alcohol motifs (C(OH)–C–C–N with tert-alkyl or cyclic N) is 1. The topological polar surface area (TPSA) is 175 Å². The first-order valence-electron chi connectivity index (χ1n) is 19.7. The van der Waals surface area contributed by atoms with Gasteiger partial charge in [-0.15, -0.1) is 0 Å². The van der Waals surface area contributed by atoms with E-state index in [0.717, 1.165) is 52.8 Å². The molecule has 0 radical (unpaired) electrons. The molecule has 0 spiro atoms. The lowest BCUT2D eigenvalue weighted by atomic mass is 9.94. The van der Waals surface area contributed by atoms with Crippen molar-refractivity contribution in [2.24, 2.45) is 5.92 Å². The van der Waals surface area contributed by atoms with E-state index in [4.69, 9.17) is 35.7 Å². The fourth-order valence-corrected chi connectivity index (χ4v) is 10.5. The number of nitrogens with zero attached hydrogens (tertiary/aromatic N) is 6. The third-order valence-corrected chi connectivity index (χ3v) is 15.2. The summed E-state index contributed by atoms with van der Waals surface area (Å²) < 4.78 is 39.1. The van der Waals surface area contributed by atoms with Crippen molar-refractivity contribution in [1.82, 2.24) is 29.5 Å². The van der Waals surface area contributed by atoms with Crippen molar-refractivity contribution >= 4 is 38.6 Å². The fraction of sp³-hybridized carbons (Fsp3) is 0.419. The van der Waals surface area contributed by atoms with Crippen LogP contribution in [-0.4, -0.2) is 88.3 Å². The van der Waals surface area contributed by atoms with Crippen molar-refractivity contribution < 1.29 is 27.5 Å². The van der Waals surface area contributed by atoms with E-state index >= 15 is 0 Å². The van der Waals surface area contributed by atoms with E-state index in [1.807, 2.05) is 49.4 Å². The van der Waals surface area contributed by atoms with Gasteiger partial charge < -0.3 is 14.3 Å². The largest absolute Gasteiger partial charge is 0.480 e. The van der Waals surface area contributed by atoms with E-state index in [1.165, 1.54) is 0 Å². The van der Waals surface area contributed by atoms with Gasteiger partial charge in [0.1, 0.15) is 22.8 Å². The van der Waals surface area contributed by atoms with E-state index in [-0.39, 0.29) is 12.1 Å². The molecule has 2 aromatic heterocycles. The molecule has 2 aliphatic carbocycles. The van der Waals surface area contributed by atoms with E-state index in [2.05, 4.69) is 20.6 Å². The number of ether oxygens (including phenoxy) is 1. The van der Waals surface area contributed by atoms with Crippen molar-refractivity contribution in [3.05, 3.63) is 81.6 Å². The van der Waals surface area contributed by atoms with Crippen LogP contribution in [0.3, 0.4) is 0 Å². The predicted octanol–water partition coefficient (Wildman–Crippen LogP) is 6.34. The predicted molar refractivity (Wildman–Crippen MR) is 218 cm³/mol. The molecule has 4 aliphatic rings. The number of benzene rings is 3. The molecule has 3 atom stereocenters. The summed E-state index contributed by atoms with van der Waals surface area (Å²) in [5.41, 5.74) is 8.70. The maximum absolute atomic E-state index is 13.1. The number of carbonyl (C=O) groups excluding carboxylic acids is 1. The number of sulfonamides is 1. The van der Waals surface area contributed by atoms with Gasteiger partial charge in [0, 0.05) is 48.9 Å². The molecular weight excluding hydrogens is 778 g/mol. The van der Waals surface area contributed by atoms with Gasteiger partial charge in [0.05, 0.1) is 40.8 Å². The van der Waals surface area contributed by atoms with Crippen LogP contribution >= 0.6 is 11.6 Å². The molecule has 1 saturated carbocycles. The second-order valence-corrected chi connectivity index (χ2v) is 18.9. The molecule has 4 heterocycles. The average Bonchev–Trinajstić information content (AvgIpc) is 3.67. The number of aromatic nitrogens is 3. The number of halogens is 1. The lowest BCUT2D eigenvalue weighted by molar-refractivity contribution is -0.122. The van der Waals surface area contributed by atoms with Crippen molar-refractivity contribution in [3.8, 4) is 45.8 Å². The van der Waals surface area contributed by atoms with E-state index in [0.29, 0.717) is 102 Å². The summed E-state index contributed by atoms with van der Waals surface area (Å²) in [7, 11) is -2.13. The Morgan fingerprint density at radius 1 is 1.09 bits per heavy atom. The number of hydrogen-bond donors (Lipinski definition) is 2. The lowest BCUT2D eigenvalue weighted by Gasteiger charge is -2.25. The van der Waals surface area contributed by atoms with Gasteiger partial charge in [-0.05, 0) is 93.3 Å². The minimum atomic E-state index is -3.70. The van der Waals surface area contributed by atoms with Crippen molar-refractivity contribution in [2.75, 3.05) is 33.3 Å². The number of nitrogens with one attached hydrogen (secondary N) is 1. The number of aliphatic hydroxyl groups excluding tert-OH is 1. The quantitative estimate of drug-likeness (QED) is 0.160. The van der Waals surface area contributed by atoms with Gasteiger partial charge in [-0.3, -0.25) is 24.3 Å². The van der Waals surface area contributed by atoms with E-state index < -0.39 is 26.6 Å². The average molecular weight is 822 g/mol. The van der Waals surface area contributed by atoms with Crippen LogP contribution in [0.2, 0.25) is 5.02 Å². The van der Waals surface area contributed by atoms with Gasteiger partial charge in [0.2, 0.25) is 27.7 Å². The first-order valence-corrected chi connectivity index (χ1v) is 21.6. The van der Waals surface area contributed by atoms with E-state index in [9.17, 15) is 23.6 Å². The summed E-state index contributed by atoms with van der Waals surface area (Å²) in [5.74, 6) is -0.0706. The second-order valence-electron chi connectivity index (χ2n) is 16.3. The van der Waals surface area contributed by atoms with Crippen LogP contribution in [0.1, 0.15) is 73.0 Å². The number of methoxy groups -OCH3 is 1. The van der Waals surface area contributed by atoms with Gasteiger partial charge in [0.15, 0.2) is 5.58 Å². The highest BCUT2D eigenvalue weighted by atomic mass is 35.5. The van der Waals surface area contributed by atoms with Crippen LogP contribution in [0.4, 0.5) is 0 Å². The monoisotopic (exact) mass is 821 g/mol. The number of oxazole rings is 1. The zero-order valence-corrected chi connectivity index (χ0v) is 34.2. The highest BCUT2D eigenvalue weighted by Crippen LogP contribution is 2.45. The molecule has 300 valence electrons.